The van der Waals surface area contributed by atoms with Gasteiger partial charge in [0.2, 0.25) is 0 Å². The van der Waals surface area contributed by atoms with Crippen molar-refractivity contribution in [2.75, 3.05) is 13.1 Å². The molecule has 0 atom stereocenters. The number of aromatic nitrogens is 2. The third kappa shape index (κ3) is 6.64. The molecule has 2 aromatic heterocycles. The fourth-order valence-corrected chi connectivity index (χ4v) is 11.6. The minimum atomic E-state index is -0.0998. The molecule has 0 unspecified atom stereocenters. The zero-order valence-corrected chi connectivity index (χ0v) is 36.3. The van der Waals surface area contributed by atoms with E-state index in [2.05, 4.69) is 150 Å². The number of carbonyl (C=O) groups excluding carboxylic acids is 2. The molecule has 1 aliphatic carbocycles. The van der Waals surface area contributed by atoms with Crippen LogP contribution in [-0.2, 0) is 5.41 Å². The number of piperidine rings is 1. The zero-order chi connectivity index (χ0) is 42.7. The molecule has 312 valence electrons. The molecule has 0 radical (unpaired) electrons. The lowest BCUT2D eigenvalue weighted by Crippen LogP contribution is -2.45. The van der Waals surface area contributed by atoms with Crippen molar-refractivity contribution >= 4 is 55.2 Å². The van der Waals surface area contributed by atoms with Crippen LogP contribution in [0.4, 0.5) is 0 Å². The molecule has 11 rings (SSSR count). The summed E-state index contributed by atoms with van der Waals surface area (Å²) >= 11 is 0. The number of hydrogen-bond donors (Lipinski definition) is 1. The highest BCUT2D eigenvalue weighted by Gasteiger charge is 2.42. The van der Waals surface area contributed by atoms with Crippen LogP contribution in [-0.4, -0.2) is 33.8 Å². The third-order valence-electron chi connectivity index (χ3n) is 14.7. The Hall–Kier alpha value is -6.56. The van der Waals surface area contributed by atoms with Crippen molar-refractivity contribution in [2.24, 2.45) is 5.92 Å². The van der Waals surface area contributed by atoms with Crippen LogP contribution in [0.3, 0.4) is 0 Å². The van der Waals surface area contributed by atoms with Crippen LogP contribution in [0, 0.1) is 19.8 Å². The van der Waals surface area contributed by atoms with Gasteiger partial charge in [0.1, 0.15) is 0 Å². The Kier molecular flexibility index (Phi) is 9.96. The molecular weight excluding hydrogens is 771 g/mol. The van der Waals surface area contributed by atoms with Crippen molar-refractivity contribution in [3.05, 3.63) is 191 Å². The number of para-hydroxylation sites is 4. The number of hydrogen-bond acceptors (Lipinski definition) is 3. The maximum Gasteiger partial charge on any atom is 0.193 e. The fraction of sp³-hybridized carbons (Fsp3) is 0.241. The highest BCUT2D eigenvalue weighted by molar-refractivity contribution is 6.14. The Morgan fingerprint density at radius 1 is 0.492 bits per heavy atom. The molecule has 63 heavy (non-hydrogen) atoms. The van der Waals surface area contributed by atoms with E-state index < -0.39 is 0 Å². The predicted molar refractivity (Wildman–Crippen MR) is 259 cm³/mol. The molecule has 1 N–H and O–H groups in total. The van der Waals surface area contributed by atoms with E-state index in [1.807, 2.05) is 30.3 Å². The number of carbonyl (C=O) groups is 2. The Morgan fingerprint density at radius 2 is 0.937 bits per heavy atom. The zero-order valence-electron chi connectivity index (χ0n) is 36.3. The molecule has 1 saturated carbocycles. The van der Waals surface area contributed by atoms with Gasteiger partial charge in [-0.15, -0.1) is 0 Å². The van der Waals surface area contributed by atoms with Gasteiger partial charge in [-0.05, 0) is 154 Å². The van der Waals surface area contributed by atoms with Crippen molar-refractivity contribution in [1.29, 1.82) is 0 Å². The van der Waals surface area contributed by atoms with Gasteiger partial charge in [0.05, 0.1) is 22.1 Å². The van der Waals surface area contributed by atoms with E-state index in [0.717, 1.165) is 53.9 Å². The number of nitrogens with zero attached hydrogens (tertiary/aromatic N) is 2. The predicted octanol–water partition coefficient (Wildman–Crippen LogP) is 13.6. The molecule has 2 fully saturated rings. The SMILES string of the molecule is Cc1cccc2c3ccccc3n(-c3ccc(C(=O)c4cc(C(=O)c5ccc(-n6c7ccccc7c7cccc(C)c76)cc5)cc(C5(C6CCCCCC6)CCNCC5)c4)cc3)c12. The van der Waals surface area contributed by atoms with E-state index in [1.165, 1.54) is 82.2 Å². The smallest absolute Gasteiger partial charge is 0.193 e. The number of benzene rings is 7. The molecule has 0 amide bonds. The molecule has 0 spiro atoms. The summed E-state index contributed by atoms with van der Waals surface area (Å²) in [5, 5.41) is 8.50. The third-order valence-corrected chi connectivity index (χ3v) is 14.7. The summed E-state index contributed by atoms with van der Waals surface area (Å²) in [6.45, 7) is 6.19. The molecular formula is C58H53N3O2. The molecule has 2 aliphatic rings. The number of nitrogens with one attached hydrogen (secondary N) is 1. The van der Waals surface area contributed by atoms with E-state index in [4.69, 9.17) is 0 Å². The Balaban J connectivity index is 1.000. The Bertz CT molecular complexity index is 3010. The molecule has 1 saturated heterocycles. The van der Waals surface area contributed by atoms with Gasteiger partial charge in [0, 0.05) is 60.6 Å². The van der Waals surface area contributed by atoms with Crippen LogP contribution in [0.25, 0.3) is 55.0 Å². The van der Waals surface area contributed by atoms with Gasteiger partial charge < -0.3 is 14.5 Å². The van der Waals surface area contributed by atoms with E-state index in [9.17, 15) is 9.59 Å². The Morgan fingerprint density at radius 3 is 1.41 bits per heavy atom. The second-order valence-corrected chi connectivity index (χ2v) is 18.3. The Labute approximate surface area is 369 Å². The maximum absolute atomic E-state index is 14.9. The summed E-state index contributed by atoms with van der Waals surface area (Å²) in [7, 11) is 0. The molecule has 9 aromatic rings. The largest absolute Gasteiger partial charge is 0.317 e. The van der Waals surface area contributed by atoms with E-state index in [1.54, 1.807) is 0 Å². The molecule has 5 nitrogen and oxygen atoms in total. The molecule has 1 aliphatic heterocycles. The summed E-state index contributed by atoms with van der Waals surface area (Å²) in [5.41, 5.74) is 12.5. The van der Waals surface area contributed by atoms with Gasteiger partial charge >= 0.3 is 0 Å². The first-order valence-electron chi connectivity index (χ1n) is 23.0. The molecule has 7 aromatic carbocycles. The number of ketones is 2. The van der Waals surface area contributed by atoms with Crippen molar-refractivity contribution in [2.45, 2.75) is 70.6 Å². The minimum absolute atomic E-state index is 0.0575. The summed E-state index contributed by atoms with van der Waals surface area (Å²) in [5.74, 6) is 0.397. The van der Waals surface area contributed by atoms with Gasteiger partial charge in [-0.25, -0.2) is 0 Å². The van der Waals surface area contributed by atoms with Crippen molar-refractivity contribution < 1.29 is 9.59 Å². The van der Waals surface area contributed by atoms with E-state index in [-0.39, 0.29) is 17.0 Å². The molecule has 5 heteroatoms. The number of fused-ring (bicyclic) bond motifs is 6. The van der Waals surface area contributed by atoms with Crippen molar-refractivity contribution in [3.63, 3.8) is 0 Å². The monoisotopic (exact) mass is 823 g/mol. The highest BCUT2D eigenvalue weighted by atomic mass is 16.1. The quantitative estimate of drug-likeness (QED) is 0.123. The van der Waals surface area contributed by atoms with Gasteiger partial charge in [0.25, 0.3) is 0 Å². The molecule has 3 heterocycles. The van der Waals surface area contributed by atoms with Crippen LogP contribution in [0.15, 0.2) is 152 Å². The van der Waals surface area contributed by atoms with Gasteiger partial charge in [0.15, 0.2) is 11.6 Å². The summed E-state index contributed by atoms with van der Waals surface area (Å²) in [6, 6.07) is 52.3. The summed E-state index contributed by atoms with van der Waals surface area (Å²) in [6.07, 6.45) is 9.41. The van der Waals surface area contributed by atoms with Crippen molar-refractivity contribution in [1.82, 2.24) is 14.5 Å². The summed E-state index contributed by atoms with van der Waals surface area (Å²) < 4.78 is 4.62. The van der Waals surface area contributed by atoms with Gasteiger partial charge in [-0.2, -0.15) is 0 Å². The first-order valence-corrected chi connectivity index (χ1v) is 23.0. The lowest BCUT2D eigenvalue weighted by Gasteiger charge is -2.45. The minimum Gasteiger partial charge on any atom is -0.317 e. The van der Waals surface area contributed by atoms with E-state index in [0.29, 0.717) is 28.2 Å². The average Bonchev–Trinajstić information content (AvgIpc) is 3.71. The van der Waals surface area contributed by atoms with Crippen LogP contribution in [0.1, 0.15) is 99.9 Å². The van der Waals surface area contributed by atoms with Crippen LogP contribution < -0.4 is 5.32 Å². The highest BCUT2D eigenvalue weighted by Crippen LogP contribution is 2.47. The lowest BCUT2D eigenvalue weighted by molar-refractivity contribution is 0.103. The number of rotatable bonds is 8. The van der Waals surface area contributed by atoms with Crippen LogP contribution >= 0.6 is 0 Å². The second kappa shape index (κ2) is 16.0. The average molecular weight is 824 g/mol. The van der Waals surface area contributed by atoms with Crippen LogP contribution in [0.2, 0.25) is 0 Å². The normalized spacial score (nSPS) is 15.9. The summed E-state index contributed by atoms with van der Waals surface area (Å²) in [4.78, 5) is 29.8. The first-order chi connectivity index (χ1) is 30.9. The van der Waals surface area contributed by atoms with Gasteiger partial charge in [-0.1, -0.05) is 98.5 Å². The topological polar surface area (TPSA) is 56.0 Å². The number of aryl methyl sites for hydroxylation is 2. The maximum atomic E-state index is 14.9. The first kappa shape index (κ1) is 39.3. The molecule has 0 bridgehead atoms. The second-order valence-electron chi connectivity index (χ2n) is 18.3. The lowest BCUT2D eigenvalue weighted by atomic mass is 9.62. The van der Waals surface area contributed by atoms with Crippen LogP contribution in [0.5, 0.6) is 0 Å². The van der Waals surface area contributed by atoms with E-state index >= 15 is 0 Å². The fourth-order valence-electron chi connectivity index (χ4n) is 11.6. The standard InChI is InChI=1S/C58H53N3O2/c1-38-13-11-19-50-48-17-7-9-21-52(48)60(54(38)50)46-27-23-40(24-28-46)56(62)42-35-43(37-45(36-42)58(31-33-59-34-32-58)44-15-5-3-4-6-16-44)57(63)41-25-29-47(30-26-41)61-53-22-10-8-18-49(53)51-20-12-14-39(2)55(51)61/h7-14,17-30,35-37,44,59H,3-6,15-16,31-34H2,1-2H3. The van der Waals surface area contributed by atoms with Crippen molar-refractivity contribution in [3.8, 4) is 11.4 Å². The van der Waals surface area contributed by atoms with Gasteiger partial charge in [-0.3, -0.25) is 9.59 Å².